The first-order chi connectivity index (χ1) is 7.75. The second-order valence-corrected chi connectivity index (χ2v) is 4.26. The number of rotatable bonds is 4. The average Bonchev–Trinajstić information content (AvgIpc) is 2.28. The Balaban J connectivity index is 2.43. The molecule has 16 heavy (non-hydrogen) atoms. The van der Waals surface area contributed by atoms with Gasteiger partial charge >= 0.3 is 0 Å². The van der Waals surface area contributed by atoms with Gasteiger partial charge in [0.1, 0.15) is 5.75 Å². The highest BCUT2D eigenvalue weighted by Crippen LogP contribution is 2.46. The van der Waals surface area contributed by atoms with E-state index < -0.39 is 0 Å². The fourth-order valence-electron chi connectivity index (χ4n) is 2.30. The molecule has 1 aliphatic rings. The van der Waals surface area contributed by atoms with Crippen molar-refractivity contribution in [2.45, 2.75) is 24.7 Å². The first-order valence-electron chi connectivity index (χ1n) is 5.54. The van der Waals surface area contributed by atoms with E-state index in [0.29, 0.717) is 12.4 Å². The smallest absolute Gasteiger partial charge is 0.213 e. The lowest BCUT2D eigenvalue weighted by Crippen LogP contribution is -2.41. The summed E-state index contributed by atoms with van der Waals surface area (Å²) in [5.74, 6) is 1.43. The van der Waals surface area contributed by atoms with Crippen LogP contribution in [0.5, 0.6) is 11.6 Å². The maximum absolute atomic E-state index is 5.90. The highest BCUT2D eigenvalue weighted by molar-refractivity contribution is 5.42. The Labute approximate surface area is 95.8 Å². The topological polar surface area (TPSA) is 57.4 Å². The summed E-state index contributed by atoms with van der Waals surface area (Å²) < 4.78 is 10.5. The molecule has 0 aliphatic heterocycles. The Bertz CT molecular complexity index is 370. The summed E-state index contributed by atoms with van der Waals surface area (Å²) in [4.78, 5) is 4.15. The third-order valence-corrected chi connectivity index (χ3v) is 3.54. The Hall–Kier alpha value is -1.29. The standard InChI is InChI=1S/C12H18N2O2/c1-15-10-7-14-11(16-2)6-9(10)12(8-13)4-3-5-12/h6-7H,3-5,8,13H2,1-2H3. The lowest BCUT2D eigenvalue weighted by Gasteiger charge is -2.42. The molecule has 0 radical (unpaired) electrons. The van der Waals surface area contributed by atoms with Gasteiger partial charge < -0.3 is 15.2 Å². The Morgan fingerprint density at radius 3 is 2.56 bits per heavy atom. The SMILES string of the molecule is COc1cc(C2(CN)CCC2)c(OC)cn1. The number of aromatic nitrogens is 1. The van der Waals surface area contributed by atoms with E-state index in [-0.39, 0.29) is 5.41 Å². The van der Waals surface area contributed by atoms with E-state index in [1.807, 2.05) is 6.07 Å². The number of hydrogen-bond acceptors (Lipinski definition) is 4. The summed E-state index contributed by atoms with van der Waals surface area (Å²) in [6.45, 7) is 0.649. The molecule has 0 amide bonds. The van der Waals surface area contributed by atoms with Crippen LogP contribution in [0.15, 0.2) is 12.3 Å². The molecule has 0 spiro atoms. The van der Waals surface area contributed by atoms with Crippen LogP contribution in [0.25, 0.3) is 0 Å². The van der Waals surface area contributed by atoms with Crippen LogP contribution >= 0.6 is 0 Å². The maximum Gasteiger partial charge on any atom is 0.213 e. The largest absolute Gasteiger partial charge is 0.495 e. The van der Waals surface area contributed by atoms with Crippen molar-refractivity contribution in [2.75, 3.05) is 20.8 Å². The molecule has 0 bridgehead atoms. The van der Waals surface area contributed by atoms with Crippen molar-refractivity contribution in [3.8, 4) is 11.6 Å². The van der Waals surface area contributed by atoms with Gasteiger partial charge in [0.05, 0.1) is 20.4 Å². The molecule has 2 N–H and O–H groups in total. The van der Waals surface area contributed by atoms with E-state index >= 15 is 0 Å². The van der Waals surface area contributed by atoms with E-state index in [9.17, 15) is 0 Å². The summed E-state index contributed by atoms with van der Waals surface area (Å²) in [5.41, 5.74) is 7.10. The van der Waals surface area contributed by atoms with Crippen LogP contribution < -0.4 is 15.2 Å². The van der Waals surface area contributed by atoms with Gasteiger partial charge in [0, 0.05) is 23.6 Å². The molecule has 0 saturated heterocycles. The zero-order valence-electron chi connectivity index (χ0n) is 9.82. The molecule has 1 fully saturated rings. The highest BCUT2D eigenvalue weighted by Gasteiger charge is 2.39. The van der Waals surface area contributed by atoms with Crippen LogP contribution in [0.2, 0.25) is 0 Å². The second kappa shape index (κ2) is 4.29. The number of nitrogens with two attached hydrogens (primary N) is 1. The fourth-order valence-corrected chi connectivity index (χ4v) is 2.30. The molecular formula is C12H18N2O2. The predicted octanol–water partition coefficient (Wildman–Crippen LogP) is 1.48. The normalized spacial score (nSPS) is 17.7. The minimum Gasteiger partial charge on any atom is -0.495 e. The Morgan fingerprint density at radius 2 is 2.12 bits per heavy atom. The van der Waals surface area contributed by atoms with Crippen molar-refractivity contribution < 1.29 is 9.47 Å². The molecular weight excluding hydrogens is 204 g/mol. The Kier molecular flexibility index (Phi) is 3.01. The number of methoxy groups -OCH3 is 2. The summed E-state index contributed by atoms with van der Waals surface area (Å²) in [6.07, 6.45) is 5.18. The van der Waals surface area contributed by atoms with Gasteiger partial charge in [0.15, 0.2) is 0 Å². The summed E-state index contributed by atoms with van der Waals surface area (Å²) in [7, 11) is 3.28. The van der Waals surface area contributed by atoms with Crippen molar-refractivity contribution in [3.63, 3.8) is 0 Å². The molecule has 88 valence electrons. The molecule has 4 heteroatoms. The summed E-state index contributed by atoms with van der Waals surface area (Å²) in [5, 5.41) is 0. The first kappa shape index (κ1) is 11.2. The van der Waals surface area contributed by atoms with Crippen LogP contribution in [0.3, 0.4) is 0 Å². The number of hydrogen-bond donors (Lipinski definition) is 1. The molecule has 0 aromatic carbocycles. The molecule has 0 atom stereocenters. The molecule has 1 aromatic rings. The molecule has 1 heterocycles. The zero-order chi connectivity index (χ0) is 11.6. The first-order valence-corrected chi connectivity index (χ1v) is 5.54. The molecule has 1 aromatic heterocycles. The van der Waals surface area contributed by atoms with Gasteiger partial charge in [-0.3, -0.25) is 0 Å². The van der Waals surface area contributed by atoms with Gasteiger partial charge in [-0.15, -0.1) is 0 Å². The minimum absolute atomic E-state index is 0.0710. The number of ether oxygens (including phenoxy) is 2. The van der Waals surface area contributed by atoms with Crippen LogP contribution in [0.4, 0.5) is 0 Å². The highest BCUT2D eigenvalue weighted by atomic mass is 16.5. The van der Waals surface area contributed by atoms with Crippen LogP contribution in [0.1, 0.15) is 24.8 Å². The van der Waals surface area contributed by atoms with Crippen molar-refractivity contribution in [3.05, 3.63) is 17.8 Å². The van der Waals surface area contributed by atoms with Crippen molar-refractivity contribution >= 4 is 0 Å². The van der Waals surface area contributed by atoms with Crippen LogP contribution in [-0.4, -0.2) is 25.7 Å². The van der Waals surface area contributed by atoms with Crippen molar-refractivity contribution in [1.82, 2.24) is 4.98 Å². The molecule has 1 saturated carbocycles. The van der Waals surface area contributed by atoms with E-state index in [1.165, 1.54) is 6.42 Å². The monoisotopic (exact) mass is 222 g/mol. The average molecular weight is 222 g/mol. The number of pyridine rings is 1. The molecule has 4 nitrogen and oxygen atoms in total. The van der Waals surface area contributed by atoms with Crippen LogP contribution in [0, 0.1) is 0 Å². The van der Waals surface area contributed by atoms with Crippen LogP contribution in [-0.2, 0) is 5.41 Å². The second-order valence-electron chi connectivity index (χ2n) is 4.26. The van der Waals surface area contributed by atoms with Gasteiger partial charge in [-0.2, -0.15) is 0 Å². The van der Waals surface area contributed by atoms with E-state index in [0.717, 1.165) is 24.2 Å². The molecule has 0 unspecified atom stereocenters. The molecule has 2 rings (SSSR count). The van der Waals surface area contributed by atoms with Gasteiger partial charge in [0.2, 0.25) is 5.88 Å². The third kappa shape index (κ3) is 1.63. The molecule has 1 aliphatic carbocycles. The summed E-state index contributed by atoms with van der Waals surface area (Å²) in [6, 6.07) is 1.95. The van der Waals surface area contributed by atoms with E-state index in [2.05, 4.69) is 4.98 Å². The number of nitrogens with zero attached hydrogens (tertiary/aromatic N) is 1. The fraction of sp³-hybridized carbons (Fsp3) is 0.583. The van der Waals surface area contributed by atoms with Gasteiger partial charge in [0.25, 0.3) is 0 Å². The van der Waals surface area contributed by atoms with E-state index in [1.54, 1.807) is 20.4 Å². The van der Waals surface area contributed by atoms with Crippen molar-refractivity contribution in [2.24, 2.45) is 5.73 Å². The zero-order valence-corrected chi connectivity index (χ0v) is 9.82. The lowest BCUT2D eigenvalue weighted by molar-refractivity contribution is 0.241. The maximum atomic E-state index is 5.90. The van der Waals surface area contributed by atoms with Crippen molar-refractivity contribution in [1.29, 1.82) is 0 Å². The van der Waals surface area contributed by atoms with Gasteiger partial charge in [-0.25, -0.2) is 4.98 Å². The lowest BCUT2D eigenvalue weighted by atomic mass is 9.64. The Morgan fingerprint density at radius 1 is 1.38 bits per heavy atom. The summed E-state index contributed by atoms with van der Waals surface area (Å²) >= 11 is 0. The quantitative estimate of drug-likeness (QED) is 0.838. The minimum atomic E-state index is 0.0710. The third-order valence-electron chi connectivity index (χ3n) is 3.54. The van der Waals surface area contributed by atoms with Gasteiger partial charge in [-0.1, -0.05) is 6.42 Å². The van der Waals surface area contributed by atoms with E-state index in [4.69, 9.17) is 15.2 Å². The predicted molar refractivity (Wildman–Crippen MR) is 61.9 cm³/mol. The van der Waals surface area contributed by atoms with Gasteiger partial charge in [-0.05, 0) is 12.8 Å².